The van der Waals surface area contributed by atoms with E-state index in [1.807, 2.05) is 42.2 Å². The molecule has 0 aliphatic carbocycles. The second-order valence-corrected chi connectivity index (χ2v) is 6.84. The number of aromatic nitrogens is 1. The summed E-state index contributed by atoms with van der Waals surface area (Å²) in [6, 6.07) is 10.4. The van der Waals surface area contributed by atoms with Gasteiger partial charge in [-0.05, 0) is 37.6 Å². The number of carbonyl (C=O) groups is 1. The summed E-state index contributed by atoms with van der Waals surface area (Å²) < 4.78 is 0. The molecule has 2 aliphatic rings. The van der Waals surface area contributed by atoms with Gasteiger partial charge in [0.25, 0.3) is 5.91 Å². The van der Waals surface area contributed by atoms with Gasteiger partial charge in [-0.25, -0.2) is 0 Å². The van der Waals surface area contributed by atoms with Crippen molar-refractivity contribution in [3.05, 3.63) is 41.6 Å². The van der Waals surface area contributed by atoms with Crippen LogP contribution >= 0.6 is 0 Å². The maximum atomic E-state index is 12.9. The van der Waals surface area contributed by atoms with Crippen LogP contribution in [0.15, 0.2) is 30.3 Å². The van der Waals surface area contributed by atoms with E-state index >= 15 is 0 Å². The van der Waals surface area contributed by atoms with Crippen molar-refractivity contribution in [2.75, 3.05) is 39.3 Å². The number of hydrogen-bond acceptors (Lipinski definition) is 4. The zero-order valence-corrected chi connectivity index (χ0v) is 14.2. The summed E-state index contributed by atoms with van der Waals surface area (Å²) in [5, 5.41) is 4.42. The lowest BCUT2D eigenvalue weighted by Gasteiger charge is -2.32. The molecular weight excluding hydrogens is 300 g/mol. The fraction of sp³-hybridized carbons (Fsp3) is 0.474. The van der Waals surface area contributed by atoms with Gasteiger partial charge in [0.05, 0.1) is 5.52 Å². The van der Waals surface area contributed by atoms with Gasteiger partial charge in [0, 0.05) is 62.0 Å². The normalized spacial score (nSPS) is 22.2. The second kappa shape index (κ2) is 6.49. The van der Waals surface area contributed by atoms with Crippen LogP contribution < -0.4 is 5.32 Å². The number of piperazine rings is 1. The molecule has 126 valence electrons. The average Bonchev–Trinajstić information content (AvgIpc) is 3.11. The predicted octanol–water partition coefficient (Wildman–Crippen LogP) is 1.66. The molecule has 5 nitrogen and oxygen atoms in total. The molecule has 1 atom stereocenters. The Morgan fingerprint density at radius 3 is 2.83 bits per heavy atom. The van der Waals surface area contributed by atoms with Crippen molar-refractivity contribution in [3.63, 3.8) is 0 Å². The summed E-state index contributed by atoms with van der Waals surface area (Å²) in [6.45, 7) is 7.99. The van der Waals surface area contributed by atoms with E-state index in [1.165, 1.54) is 0 Å². The van der Waals surface area contributed by atoms with Crippen LogP contribution in [0.25, 0.3) is 10.9 Å². The van der Waals surface area contributed by atoms with Crippen molar-refractivity contribution in [1.29, 1.82) is 0 Å². The lowest BCUT2D eigenvalue weighted by molar-refractivity contribution is 0.0773. The number of hydrogen-bond donors (Lipinski definition) is 1. The van der Waals surface area contributed by atoms with E-state index in [0.29, 0.717) is 6.04 Å². The van der Waals surface area contributed by atoms with E-state index in [0.717, 1.165) is 67.8 Å². The Hall–Kier alpha value is -1.98. The number of likely N-dealkylation sites (tertiary alicyclic amines) is 1. The van der Waals surface area contributed by atoms with Crippen LogP contribution in [-0.4, -0.2) is 66.0 Å². The number of amides is 1. The molecule has 0 spiro atoms. The molecular formula is C19H24N4O. The third kappa shape index (κ3) is 3.01. The Kier molecular flexibility index (Phi) is 4.21. The molecule has 2 aliphatic heterocycles. The summed E-state index contributed by atoms with van der Waals surface area (Å²) >= 11 is 0. The van der Waals surface area contributed by atoms with Crippen LogP contribution in [0, 0.1) is 6.92 Å². The quantitative estimate of drug-likeness (QED) is 0.913. The first-order valence-corrected chi connectivity index (χ1v) is 8.82. The minimum Gasteiger partial charge on any atom is -0.337 e. The largest absolute Gasteiger partial charge is 0.337 e. The molecule has 1 unspecified atom stereocenters. The molecule has 5 heteroatoms. The van der Waals surface area contributed by atoms with E-state index in [1.54, 1.807) is 0 Å². The van der Waals surface area contributed by atoms with E-state index in [9.17, 15) is 4.79 Å². The first-order chi connectivity index (χ1) is 11.7. The molecule has 1 aromatic heterocycles. The van der Waals surface area contributed by atoms with Crippen molar-refractivity contribution in [2.45, 2.75) is 19.4 Å². The number of carbonyl (C=O) groups excluding carboxylic acids is 1. The third-order valence-corrected chi connectivity index (χ3v) is 5.19. The van der Waals surface area contributed by atoms with Crippen molar-refractivity contribution >= 4 is 16.8 Å². The van der Waals surface area contributed by atoms with E-state index < -0.39 is 0 Å². The standard InChI is InChI=1S/C19H24N4O/c1-14-2-3-15-12-16(4-5-18(15)21-14)19(24)23-9-6-17(13-23)22-10-7-20-8-11-22/h2-5,12,17,20H,6-11,13H2,1H3. The summed E-state index contributed by atoms with van der Waals surface area (Å²) in [7, 11) is 0. The smallest absolute Gasteiger partial charge is 0.253 e. The molecule has 24 heavy (non-hydrogen) atoms. The van der Waals surface area contributed by atoms with Gasteiger partial charge in [0.1, 0.15) is 0 Å². The number of nitrogens with one attached hydrogen (secondary N) is 1. The van der Waals surface area contributed by atoms with E-state index in [4.69, 9.17) is 0 Å². The molecule has 0 bridgehead atoms. The maximum absolute atomic E-state index is 12.9. The molecule has 2 aromatic rings. The Morgan fingerprint density at radius 2 is 2.00 bits per heavy atom. The van der Waals surface area contributed by atoms with E-state index in [-0.39, 0.29) is 5.91 Å². The fourth-order valence-corrected chi connectivity index (χ4v) is 3.81. The van der Waals surface area contributed by atoms with Crippen LogP contribution in [-0.2, 0) is 0 Å². The van der Waals surface area contributed by atoms with E-state index in [2.05, 4.69) is 15.2 Å². The van der Waals surface area contributed by atoms with Crippen LogP contribution in [0.3, 0.4) is 0 Å². The van der Waals surface area contributed by atoms with Crippen LogP contribution in [0.2, 0.25) is 0 Å². The third-order valence-electron chi connectivity index (χ3n) is 5.19. The SMILES string of the molecule is Cc1ccc2cc(C(=O)N3CCC(N4CCNCC4)C3)ccc2n1. The number of nitrogens with zero attached hydrogens (tertiary/aromatic N) is 3. The van der Waals surface area contributed by atoms with Crippen LogP contribution in [0.4, 0.5) is 0 Å². The highest BCUT2D eigenvalue weighted by molar-refractivity contribution is 5.98. The summed E-state index contributed by atoms with van der Waals surface area (Å²) in [4.78, 5) is 21.9. The summed E-state index contributed by atoms with van der Waals surface area (Å²) in [5.74, 6) is 0.148. The Morgan fingerprint density at radius 1 is 1.17 bits per heavy atom. The topological polar surface area (TPSA) is 48.5 Å². The zero-order chi connectivity index (χ0) is 16.5. The minimum atomic E-state index is 0.148. The van der Waals surface area contributed by atoms with Gasteiger partial charge in [-0.2, -0.15) is 0 Å². The van der Waals surface area contributed by atoms with Gasteiger partial charge >= 0.3 is 0 Å². The van der Waals surface area contributed by atoms with Gasteiger partial charge in [0.2, 0.25) is 0 Å². The fourth-order valence-electron chi connectivity index (χ4n) is 3.81. The van der Waals surface area contributed by atoms with Gasteiger partial charge in [-0.3, -0.25) is 14.7 Å². The highest BCUT2D eigenvalue weighted by Crippen LogP contribution is 2.21. The molecule has 2 fully saturated rings. The monoisotopic (exact) mass is 324 g/mol. The highest BCUT2D eigenvalue weighted by atomic mass is 16.2. The van der Waals surface area contributed by atoms with Gasteiger partial charge in [-0.1, -0.05) is 6.07 Å². The molecule has 1 aromatic carbocycles. The molecule has 1 amide bonds. The van der Waals surface area contributed by atoms with Crippen molar-refractivity contribution in [3.8, 4) is 0 Å². The maximum Gasteiger partial charge on any atom is 0.253 e. The highest BCUT2D eigenvalue weighted by Gasteiger charge is 2.31. The number of benzene rings is 1. The first kappa shape index (κ1) is 15.5. The molecule has 3 heterocycles. The second-order valence-electron chi connectivity index (χ2n) is 6.84. The number of fused-ring (bicyclic) bond motifs is 1. The molecule has 0 saturated carbocycles. The molecule has 2 saturated heterocycles. The van der Waals surface area contributed by atoms with Gasteiger partial charge < -0.3 is 10.2 Å². The van der Waals surface area contributed by atoms with Crippen molar-refractivity contribution < 1.29 is 4.79 Å². The zero-order valence-electron chi connectivity index (χ0n) is 14.2. The average molecular weight is 324 g/mol. The number of pyridine rings is 1. The summed E-state index contributed by atoms with van der Waals surface area (Å²) in [6.07, 6.45) is 1.08. The molecule has 4 rings (SSSR count). The lowest BCUT2D eigenvalue weighted by Crippen LogP contribution is -2.49. The van der Waals surface area contributed by atoms with Crippen molar-refractivity contribution in [2.24, 2.45) is 0 Å². The number of rotatable bonds is 2. The Balaban J connectivity index is 1.48. The predicted molar refractivity (Wildman–Crippen MR) is 95.2 cm³/mol. The van der Waals surface area contributed by atoms with Gasteiger partial charge in [-0.15, -0.1) is 0 Å². The summed E-state index contributed by atoms with van der Waals surface area (Å²) in [5.41, 5.74) is 2.72. The van der Waals surface area contributed by atoms with Gasteiger partial charge in [0.15, 0.2) is 0 Å². The number of aryl methyl sites for hydroxylation is 1. The minimum absolute atomic E-state index is 0.148. The van der Waals surface area contributed by atoms with Crippen LogP contribution in [0.1, 0.15) is 22.5 Å². The molecule has 0 radical (unpaired) electrons. The van der Waals surface area contributed by atoms with Crippen molar-refractivity contribution in [1.82, 2.24) is 20.1 Å². The Labute approximate surface area is 142 Å². The first-order valence-electron chi connectivity index (χ1n) is 8.82. The van der Waals surface area contributed by atoms with Crippen LogP contribution in [0.5, 0.6) is 0 Å². The molecule has 1 N–H and O–H groups in total. The Bertz CT molecular complexity index is 754. The lowest BCUT2D eigenvalue weighted by atomic mass is 10.1.